The molecule has 0 unspecified atom stereocenters. The third-order valence-corrected chi connectivity index (χ3v) is 6.27. The van der Waals surface area contributed by atoms with Gasteiger partial charge in [-0.05, 0) is 43.0 Å². The van der Waals surface area contributed by atoms with E-state index in [1.807, 2.05) is 0 Å². The van der Waals surface area contributed by atoms with E-state index in [1.54, 1.807) is 0 Å². The maximum atomic E-state index is 12.4. The van der Waals surface area contributed by atoms with Crippen LogP contribution in [-0.4, -0.2) is 38.8 Å². The van der Waals surface area contributed by atoms with Crippen LogP contribution in [0.4, 0.5) is 0 Å². The van der Waals surface area contributed by atoms with Crippen molar-refractivity contribution in [2.45, 2.75) is 37.0 Å². The Bertz CT molecular complexity index is 625. The van der Waals surface area contributed by atoms with Crippen LogP contribution >= 0.6 is 11.6 Å². The van der Waals surface area contributed by atoms with Gasteiger partial charge in [-0.1, -0.05) is 30.9 Å². The van der Waals surface area contributed by atoms with Crippen molar-refractivity contribution in [3.8, 4) is 0 Å². The Morgan fingerprint density at radius 2 is 1.83 bits per heavy atom. The number of nitrogens with one attached hydrogen (secondary N) is 1. The highest BCUT2D eigenvalue weighted by atomic mass is 35.5. The molecule has 0 aliphatic heterocycles. The molecule has 0 atom stereocenters. The number of nitrogens with zero attached hydrogens (tertiary/aromatic N) is 1. The molecule has 1 aromatic rings. The summed E-state index contributed by atoms with van der Waals surface area (Å²) >= 11 is 5.77. The van der Waals surface area contributed by atoms with Crippen LogP contribution in [0, 0.1) is 5.92 Å². The molecule has 1 aromatic carbocycles. The minimum atomic E-state index is -3.68. The SMILES string of the molecule is CN(CC(=O)NCC1CCCCC1)S(=O)(=O)c1ccc(Cl)cc1. The Morgan fingerprint density at radius 1 is 1.22 bits per heavy atom. The van der Waals surface area contributed by atoms with E-state index in [0.29, 0.717) is 17.5 Å². The Labute approximate surface area is 143 Å². The van der Waals surface area contributed by atoms with Gasteiger partial charge in [-0.3, -0.25) is 4.79 Å². The van der Waals surface area contributed by atoms with E-state index in [0.717, 1.165) is 17.1 Å². The maximum Gasteiger partial charge on any atom is 0.243 e. The zero-order valence-electron chi connectivity index (χ0n) is 13.3. The minimum absolute atomic E-state index is 0.129. The first-order valence-corrected chi connectivity index (χ1v) is 9.70. The fraction of sp³-hybridized carbons (Fsp3) is 0.562. The van der Waals surface area contributed by atoms with Crippen LogP contribution in [0.25, 0.3) is 0 Å². The predicted octanol–water partition coefficient (Wildman–Crippen LogP) is 2.66. The largest absolute Gasteiger partial charge is 0.355 e. The second kappa shape index (κ2) is 8.13. The lowest BCUT2D eigenvalue weighted by atomic mass is 9.89. The van der Waals surface area contributed by atoms with Crippen molar-refractivity contribution in [3.05, 3.63) is 29.3 Å². The number of hydrogen-bond acceptors (Lipinski definition) is 3. The second-order valence-electron chi connectivity index (χ2n) is 6.02. The zero-order chi connectivity index (χ0) is 16.9. The summed E-state index contributed by atoms with van der Waals surface area (Å²) in [5.41, 5.74) is 0. The molecule has 1 N–H and O–H groups in total. The normalized spacial score (nSPS) is 16.5. The first-order chi connectivity index (χ1) is 10.9. The molecule has 1 saturated carbocycles. The summed E-state index contributed by atoms with van der Waals surface area (Å²) in [7, 11) is -2.27. The van der Waals surface area contributed by atoms with E-state index >= 15 is 0 Å². The number of likely N-dealkylation sites (N-methyl/N-ethyl adjacent to an activating group) is 1. The topological polar surface area (TPSA) is 66.5 Å². The van der Waals surface area contributed by atoms with Gasteiger partial charge < -0.3 is 5.32 Å². The number of rotatable bonds is 6. The van der Waals surface area contributed by atoms with E-state index in [1.165, 1.54) is 50.6 Å². The zero-order valence-corrected chi connectivity index (χ0v) is 14.9. The van der Waals surface area contributed by atoms with E-state index in [4.69, 9.17) is 11.6 Å². The highest BCUT2D eigenvalue weighted by molar-refractivity contribution is 7.89. The van der Waals surface area contributed by atoms with Gasteiger partial charge in [-0.15, -0.1) is 0 Å². The second-order valence-corrected chi connectivity index (χ2v) is 8.50. The summed E-state index contributed by atoms with van der Waals surface area (Å²) in [4.78, 5) is 12.1. The summed E-state index contributed by atoms with van der Waals surface area (Å²) in [6.07, 6.45) is 5.97. The summed E-state index contributed by atoms with van der Waals surface area (Å²) in [5.74, 6) is 0.251. The molecule has 0 bridgehead atoms. The Kier molecular flexibility index (Phi) is 6.44. The number of hydrogen-bond donors (Lipinski definition) is 1. The standard InChI is InChI=1S/C16H23ClN2O3S/c1-19(23(21,22)15-9-7-14(17)8-10-15)12-16(20)18-11-13-5-3-2-4-6-13/h7-10,13H,2-6,11-12H2,1H3,(H,18,20). The molecule has 0 heterocycles. The van der Waals surface area contributed by atoms with Crippen LogP contribution in [0.15, 0.2) is 29.2 Å². The fourth-order valence-corrected chi connectivity index (χ4v) is 4.03. The van der Waals surface area contributed by atoms with Crippen LogP contribution in [0.5, 0.6) is 0 Å². The van der Waals surface area contributed by atoms with E-state index in [2.05, 4.69) is 5.32 Å². The summed E-state index contributed by atoms with van der Waals surface area (Å²) < 4.78 is 25.8. The monoisotopic (exact) mass is 358 g/mol. The Morgan fingerprint density at radius 3 is 2.43 bits per heavy atom. The van der Waals surface area contributed by atoms with Gasteiger partial charge in [0, 0.05) is 18.6 Å². The quantitative estimate of drug-likeness (QED) is 0.850. The molecule has 0 aromatic heterocycles. The molecule has 2 rings (SSSR count). The molecule has 1 fully saturated rings. The number of benzene rings is 1. The summed E-state index contributed by atoms with van der Waals surface area (Å²) in [5, 5.41) is 3.32. The van der Waals surface area contributed by atoms with E-state index < -0.39 is 10.0 Å². The molecule has 0 spiro atoms. The van der Waals surface area contributed by atoms with Crippen molar-refractivity contribution in [2.24, 2.45) is 5.92 Å². The van der Waals surface area contributed by atoms with Gasteiger partial charge in [0.2, 0.25) is 15.9 Å². The molecular formula is C16H23ClN2O3S. The third kappa shape index (κ3) is 5.19. The lowest BCUT2D eigenvalue weighted by Gasteiger charge is -2.22. The van der Waals surface area contributed by atoms with Crippen molar-refractivity contribution in [2.75, 3.05) is 20.1 Å². The number of sulfonamides is 1. The van der Waals surface area contributed by atoms with Gasteiger partial charge in [0.25, 0.3) is 0 Å². The highest BCUT2D eigenvalue weighted by Gasteiger charge is 2.23. The molecular weight excluding hydrogens is 336 g/mol. The van der Waals surface area contributed by atoms with Crippen molar-refractivity contribution in [1.82, 2.24) is 9.62 Å². The van der Waals surface area contributed by atoms with Gasteiger partial charge in [0.15, 0.2) is 0 Å². The van der Waals surface area contributed by atoms with Gasteiger partial charge in [0.05, 0.1) is 11.4 Å². The average Bonchev–Trinajstić information content (AvgIpc) is 2.54. The van der Waals surface area contributed by atoms with Gasteiger partial charge in [-0.2, -0.15) is 4.31 Å². The molecule has 128 valence electrons. The molecule has 1 amide bonds. The van der Waals surface area contributed by atoms with Crippen molar-refractivity contribution in [3.63, 3.8) is 0 Å². The van der Waals surface area contributed by atoms with Gasteiger partial charge in [-0.25, -0.2) is 8.42 Å². The van der Waals surface area contributed by atoms with Crippen LogP contribution in [-0.2, 0) is 14.8 Å². The molecule has 0 radical (unpaired) electrons. The number of carbonyl (C=O) groups is 1. The Hall–Kier alpha value is -1.11. The van der Waals surface area contributed by atoms with Gasteiger partial charge >= 0.3 is 0 Å². The maximum absolute atomic E-state index is 12.4. The lowest BCUT2D eigenvalue weighted by molar-refractivity contribution is -0.121. The smallest absolute Gasteiger partial charge is 0.243 e. The summed E-state index contributed by atoms with van der Waals surface area (Å²) in [6, 6.07) is 5.92. The van der Waals surface area contributed by atoms with Crippen molar-refractivity contribution < 1.29 is 13.2 Å². The molecule has 7 heteroatoms. The fourth-order valence-electron chi connectivity index (χ4n) is 2.78. The van der Waals surface area contributed by atoms with Crippen molar-refractivity contribution >= 4 is 27.5 Å². The van der Waals surface area contributed by atoms with Gasteiger partial charge in [0.1, 0.15) is 0 Å². The summed E-state index contributed by atoms with van der Waals surface area (Å²) in [6.45, 7) is 0.450. The number of amides is 1. The average molecular weight is 359 g/mol. The minimum Gasteiger partial charge on any atom is -0.355 e. The first kappa shape index (κ1) is 18.2. The van der Waals surface area contributed by atoms with Crippen LogP contribution in [0.1, 0.15) is 32.1 Å². The molecule has 23 heavy (non-hydrogen) atoms. The van der Waals surface area contributed by atoms with E-state index in [9.17, 15) is 13.2 Å². The number of carbonyl (C=O) groups excluding carboxylic acids is 1. The van der Waals surface area contributed by atoms with Crippen LogP contribution < -0.4 is 5.32 Å². The van der Waals surface area contributed by atoms with Crippen molar-refractivity contribution in [1.29, 1.82) is 0 Å². The van der Waals surface area contributed by atoms with E-state index in [-0.39, 0.29) is 17.3 Å². The molecule has 0 saturated heterocycles. The number of halogens is 1. The molecule has 1 aliphatic rings. The Balaban J connectivity index is 1.88. The first-order valence-electron chi connectivity index (χ1n) is 7.88. The third-order valence-electron chi connectivity index (χ3n) is 4.20. The molecule has 1 aliphatic carbocycles. The molecule has 5 nitrogen and oxygen atoms in total. The predicted molar refractivity (Wildman–Crippen MR) is 90.9 cm³/mol. The van der Waals surface area contributed by atoms with Crippen LogP contribution in [0.3, 0.4) is 0 Å². The lowest BCUT2D eigenvalue weighted by Crippen LogP contribution is -2.40. The highest BCUT2D eigenvalue weighted by Crippen LogP contribution is 2.22. The van der Waals surface area contributed by atoms with Crippen LogP contribution in [0.2, 0.25) is 5.02 Å².